The monoisotopic (exact) mass is 418 g/mol. The predicted octanol–water partition coefficient (Wildman–Crippen LogP) is 2.78. The molecule has 0 fully saturated rings. The van der Waals surface area contributed by atoms with Crippen molar-refractivity contribution in [2.75, 3.05) is 0 Å². The van der Waals surface area contributed by atoms with E-state index < -0.39 is 0 Å². The minimum Gasteiger partial charge on any atom is -0.414 e. The van der Waals surface area contributed by atoms with Crippen molar-refractivity contribution >= 4 is 10.9 Å². The quantitative estimate of drug-likeness (QED) is 0.601. The van der Waals surface area contributed by atoms with Crippen LogP contribution >= 0.6 is 0 Å². The van der Waals surface area contributed by atoms with Crippen LogP contribution in [0.2, 0.25) is 0 Å². The molecule has 0 aliphatic carbocycles. The van der Waals surface area contributed by atoms with Gasteiger partial charge in [0.15, 0.2) is 0 Å². The van der Waals surface area contributed by atoms with Crippen molar-refractivity contribution in [3.8, 4) is 0 Å². The fraction of sp³-hybridized carbons (Fsp3) is 0.200. The van der Waals surface area contributed by atoms with Gasteiger partial charge < -0.3 is 4.98 Å². The zero-order chi connectivity index (χ0) is 8.10. The Hall–Kier alpha value is 0.552. The Morgan fingerprint density at radius 1 is 1.23 bits per heavy atom. The van der Waals surface area contributed by atoms with E-state index in [1.807, 2.05) is 44.2 Å². The van der Waals surface area contributed by atoms with E-state index in [4.69, 9.17) is 0 Å². The summed E-state index contributed by atoms with van der Waals surface area (Å²) in [6.07, 6.45) is 2.79. The third kappa shape index (κ3) is 4.54. The largest absolute Gasteiger partial charge is 0.414 e. The number of nitrogens with zero attached hydrogens (tertiary/aromatic N) is 1. The summed E-state index contributed by atoms with van der Waals surface area (Å²) in [5.74, 6) is 0. The van der Waals surface area contributed by atoms with Crippen molar-refractivity contribution in [1.29, 1.82) is 0 Å². The molecular weight excluding hydrogens is 407 g/mol. The van der Waals surface area contributed by atoms with E-state index in [0.29, 0.717) is 0 Å². The Balaban J connectivity index is 0. The van der Waals surface area contributed by atoms with Crippen LogP contribution in [0.1, 0.15) is 13.8 Å². The van der Waals surface area contributed by atoms with Crippen LogP contribution < -0.4 is 0 Å². The van der Waals surface area contributed by atoms with Gasteiger partial charge in [-0.1, -0.05) is 19.9 Å². The third-order valence-corrected chi connectivity index (χ3v) is 1.34. The minimum atomic E-state index is 0. The van der Waals surface area contributed by atoms with Gasteiger partial charge in [0.05, 0.1) is 0 Å². The van der Waals surface area contributed by atoms with Crippen molar-refractivity contribution in [2.24, 2.45) is 0 Å². The molecule has 0 N–H and O–H groups in total. The van der Waals surface area contributed by atoms with Gasteiger partial charge in [-0.15, -0.1) is 23.8 Å². The molecule has 1 nitrogen and oxygen atoms in total. The molecule has 3 heteroatoms. The van der Waals surface area contributed by atoms with Gasteiger partial charge >= 0.3 is 0 Å². The smallest absolute Gasteiger partial charge is 0 e. The van der Waals surface area contributed by atoms with Gasteiger partial charge in [0.2, 0.25) is 0 Å². The summed E-state index contributed by atoms with van der Waals surface area (Å²) in [5, 5.41) is 1.16. The number of fused-ring (bicyclic) bond motifs is 1. The Morgan fingerprint density at radius 2 is 1.85 bits per heavy atom. The molecule has 0 atom stereocenters. The second-order valence-corrected chi connectivity index (χ2v) is 1.94. The Kier molecular flexibility index (Phi) is 11.2. The number of rotatable bonds is 0. The molecule has 0 aliphatic rings. The zero-order valence-electron chi connectivity index (χ0n) is 7.82. The molecule has 1 heterocycles. The van der Waals surface area contributed by atoms with E-state index in [1.54, 1.807) is 0 Å². The van der Waals surface area contributed by atoms with Gasteiger partial charge in [0.25, 0.3) is 0 Å². The van der Waals surface area contributed by atoms with E-state index in [2.05, 4.69) is 11.2 Å². The van der Waals surface area contributed by atoms with Crippen LogP contribution in [-0.2, 0) is 53.8 Å². The van der Waals surface area contributed by atoms with Crippen LogP contribution in [0.4, 0.5) is 0 Å². The van der Waals surface area contributed by atoms with Crippen LogP contribution in [0, 0.1) is 6.20 Å². The molecule has 67 valence electrons. The van der Waals surface area contributed by atoms with Crippen LogP contribution in [0.15, 0.2) is 30.3 Å². The average molecular weight is 418 g/mol. The second-order valence-electron chi connectivity index (χ2n) is 1.94. The maximum Gasteiger partial charge on any atom is 0 e. The summed E-state index contributed by atoms with van der Waals surface area (Å²) in [7, 11) is 0. The van der Waals surface area contributed by atoms with Crippen molar-refractivity contribution in [3.63, 3.8) is 0 Å². The molecule has 0 aliphatic heterocycles. The first kappa shape index (κ1) is 16.0. The van der Waals surface area contributed by atoms with E-state index in [-0.39, 0.29) is 53.8 Å². The Morgan fingerprint density at radius 3 is 2.46 bits per heavy atom. The van der Waals surface area contributed by atoms with E-state index in [1.165, 1.54) is 0 Å². The fourth-order valence-corrected chi connectivity index (χ4v) is 0.883. The molecule has 2 aromatic rings. The first-order valence-electron chi connectivity index (χ1n) is 3.85. The van der Waals surface area contributed by atoms with Crippen LogP contribution in [0.5, 0.6) is 0 Å². The molecule has 0 amide bonds. The summed E-state index contributed by atoms with van der Waals surface area (Å²) in [6, 6.07) is 9.86. The van der Waals surface area contributed by atoms with E-state index in [0.717, 1.165) is 10.9 Å². The number of hydrogen-bond acceptors (Lipinski definition) is 1. The second kappa shape index (κ2) is 9.12. The molecule has 0 saturated heterocycles. The fourth-order valence-electron chi connectivity index (χ4n) is 0.883. The minimum absolute atomic E-state index is 0. The molecule has 0 saturated carbocycles. The van der Waals surface area contributed by atoms with Crippen LogP contribution in [0.3, 0.4) is 0 Å². The topological polar surface area (TPSA) is 12.9 Å². The molecule has 1 radical (unpaired) electrons. The van der Waals surface area contributed by atoms with Gasteiger partial charge in [-0.2, -0.15) is 0 Å². The van der Waals surface area contributed by atoms with E-state index in [9.17, 15) is 0 Å². The molecule has 1 aromatic heterocycles. The number of aromatic nitrogens is 1. The molecule has 0 spiro atoms. The van der Waals surface area contributed by atoms with Crippen LogP contribution in [0.25, 0.3) is 10.9 Å². The van der Waals surface area contributed by atoms with Gasteiger partial charge in [0, 0.05) is 53.8 Å². The summed E-state index contributed by atoms with van der Waals surface area (Å²) >= 11 is 0. The Labute approximate surface area is 119 Å². The van der Waals surface area contributed by atoms with Crippen LogP contribution in [-0.4, -0.2) is 4.98 Å². The molecule has 0 bridgehead atoms. The number of hydrogen-bond donors (Lipinski definition) is 0. The number of benzene rings is 1. The maximum atomic E-state index is 3.99. The van der Waals surface area contributed by atoms with E-state index >= 15 is 0 Å². The molecular formula is C10H11NWY-2. The van der Waals surface area contributed by atoms with Gasteiger partial charge in [-0.25, -0.2) is 6.07 Å². The van der Waals surface area contributed by atoms with Gasteiger partial charge in [-0.3, -0.25) is 11.5 Å². The standard InChI is InChI=1S/C8H5N.C2H6.W.Y/c1-2-4-8-7(3-1)5-6-9-8;1-2;;/h1-5H;1-2H3;;/q-2;;;. The SMILES string of the molecule is CC.[W].[Y].[c-]1[cH-]c2ccccc2n1. The van der Waals surface area contributed by atoms with Crippen molar-refractivity contribution in [2.45, 2.75) is 13.8 Å². The van der Waals surface area contributed by atoms with Crippen molar-refractivity contribution in [3.05, 3.63) is 36.5 Å². The third-order valence-electron chi connectivity index (χ3n) is 1.34. The van der Waals surface area contributed by atoms with Gasteiger partial charge in [-0.05, 0) is 0 Å². The average Bonchev–Trinajstić information content (AvgIpc) is 2.55. The summed E-state index contributed by atoms with van der Waals surface area (Å²) in [6.45, 7) is 4.00. The molecule has 13 heavy (non-hydrogen) atoms. The van der Waals surface area contributed by atoms with Crippen molar-refractivity contribution < 1.29 is 53.8 Å². The molecule has 1 aromatic carbocycles. The van der Waals surface area contributed by atoms with Crippen molar-refractivity contribution in [1.82, 2.24) is 4.98 Å². The predicted molar refractivity (Wildman–Crippen MR) is 47.5 cm³/mol. The molecule has 2 rings (SSSR count). The Bertz CT molecular complexity index is 289. The van der Waals surface area contributed by atoms with Gasteiger partial charge in [0.1, 0.15) is 0 Å². The molecule has 0 unspecified atom stereocenters. The first-order chi connectivity index (χ1) is 5.47. The summed E-state index contributed by atoms with van der Waals surface area (Å²) in [4.78, 5) is 3.99. The maximum absolute atomic E-state index is 3.99. The number of para-hydroxylation sites is 1. The summed E-state index contributed by atoms with van der Waals surface area (Å²) < 4.78 is 0. The first-order valence-corrected chi connectivity index (χ1v) is 3.85. The zero-order valence-corrected chi connectivity index (χ0v) is 13.6. The normalized spacial score (nSPS) is 7.54. The summed E-state index contributed by atoms with van der Waals surface area (Å²) in [5.41, 5.74) is 1.03.